The van der Waals surface area contributed by atoms with Crippen LogP contribution in [0.25, 0.3) is 0 Å². The molecule has 0 aliphatic carbocycles. The van der Waals surface area contributed by atoms with Gasteiger partial charge in [-0.1, -0.05) is 185 Å². The van der Waals surface area contributed by atoms with E-state index in [9.17, 15) is 19.5 Å². The number of hydrogen-bond acceptors (Lipinski definition) is 13. The molecule has 4 heterocycles. The number of benzene rings is 6. The van der Waals surface area contributed by atoms with E-state index >= 15 is 0 Å². The molecule has 0 fully saturated rings. The van der Waals surface area contributed by atoms with Gasteiger partial charge in [-0.25, -0.2) is 19.6 Å². The number of amides is 2. The summed E-state index contributed by atoms with van der Waals surface area (Å²) in [6, 6.07) is 38.0. The number of halogens is 12. The number of fused-ring (bicyclic) bond motifs is 1. The molecule has 8 aromatic rings. The van der Waals surface area contributed by atoms with Crippen LogP contribution >= 0.6 is 189 Å². The number of aliphatic carboxylic acids is 1. The van der Waals surface area contributed by atoms with Crippen LogP contribution in [0.4, 0.5) is 29.0 Å². The molecule has 2 N–H and O–H groups in total. The normalized spacial score (nSPS) is 16.3. The van der Waals surface area contributed by atoms with Crippen molar-refractivity contribution in [3.63, 3.8) is 0 Å². The van der Waals surface area contributed by atoms with E-state index in [4.69, 9.17) is 73.8 Å². The van der Waals surface area contributed by atoms with Crippen molar-refractivity contribution in [2.75, 3.05) is 20.9 Å². The number of tetrazole rings is 2. The van der Waals surface area contributed by atoms with Crippen LogP contribution in [0.15, 0.2) is 146 Å². The summed E-state index contributed by atoms with van der Waals surface area (Å²) < 4.78 is 11.4. The van der Waals surface area contributed by atoms with Gasteiger partial charge in [0.2, 0.25) is 5.95 Å². The average molecular weight is 1890 g/mol. The number of aliphatic imine (C=N–C) groups is 1. The molecule has 6 aromatic carbocycles. The molecular weight excluding hydrogens is 1840 g/mol. The fourth-order valence-electron chi connectivity index (χ4n) is 8.52. The number of amidine groups is 1. The molecule has 2 amide bonds. The molecule has 2 aliphatic rings. The topological polar surface area (TPSA) is 199 Å². The third-order valence-electron chi connectivity index (χ3n) is 12.3. The van der Waals surface area contributed by atoms with Crippen LogP contribution in [-0.4, -0.2) is 80.6 Å². The minimum atomic E-state index is -1.41. The summed E-state index contributed by atoms with van der Waals surface area (Å²) in [5.41, 5.74) is 1.09. The molecule has 17 nitrogen and oxygen atoms in total. The molecule has 0 saturated heterocycles. The molecule has 0 radical (unpaired) electrons. The van der Waals surface area contributed by atoms with Crippen molar-refractivity contribution < 1.29 is 28.6 Å². The SMILES string of the molecule is CC.CC(Cc1ccc(Br)cc1)(C(=O)O)n1nnnc1Nc1cc(Cl)cc(Cl)c1.CC1(Cc2ccc(Br)cc2)C(=O)N(c2cc(Cl)cc(Cl)c2)c2nnnn21.CCSOC1=NC(C)(Cc2ccc(Br)cc2)C(=O)N1c1cc(Cl)cc(Cl)c1.[CH3-].[I][V]([I])[I]. The predicted molar refractivity (Wildman–Crippen MR) is 386 cm³/mol. The molecule has 2 aromatic heterocycles. The molecule has 3 unspecified atom stereocenters. The number of hydrogen-bond donors (Lipinski definition) is 2. The number of carboxylic acid groups (broad SMARTS) is 1. The average Bonchev–Trinajstić information content (AvgIpc) is 1.66. The molecule has 3 atom stereocenters. The minimum absolute atomic E-state index is 0. The van der Waals surface area contributed by atoms with E-state index < -0.39 is 22.6 Å². The van der Waals surface area contributed by atoms with Crippen LogP contribution in [0, 0.1) is 7.43 Å². The van der Waals surface area contributed by atoms with Crippen molar-refractivity contribution in [2.45, 2.75) is 77.4 Å². The Balaban J connectivity index is 0.000000226. The number of rotatable bonds is 14. The van der Waals surface area contributed by atoms with E-state index in [0.29, 0.717) is 66.0 Å². The fraction of sp³-hybridized carbons (Fsp3) is 0.232. The molecule has 2 aliphatic heterocycles. The van der Waals surface area contributed by atoms with Crippen molar-refractivity contribution in [3.8, 4) is 0 Å². The number of carbonyl (C=O) groups excluding carboxylic acids is 2. The summed E-state index contributed by atoms with van der Waals surface area (Å²) >= 11 is 55.3. The van der Waals surface area contributed by atoms with Crippen molar-refractivity contribution in [2.24, 2.45) is 4.99 Å². The number of anilines is 5. The first-order valence-electron chi connectivity index (χ1n) is 25.3. The fourth-order valence-corrected chi connectivity index (χ4v) is 11.2. The molecule has 10 rings (SSSR count). The molecule has 0 saturated carbocycles. The third-order valence-corrected chi connectivity index (χ3v) is 15.7. The van der Waals surface area contributed by atoms with Gasteiger partial charge in [0.25, 0.3) is 17.8 Å². The van der Waals surface area contributed by atoms with Crippen molar-refractivity contribution in [1.82, 2.24) is 40.4 Å². The summed E-state index contributed by atoms with van der Waals surface area (Å²) in [5.74, 6) is -0.194. The molecular formula is C56H52Br3Cl6I3N12O5SV-. The summed E-state index contributed by atoms with van der Waals surface area (Å²) in [5, 5.41) is 38.8. The monoisotopic (exact) mass is 1880 g/mol. The zero-order chi connectivity index (χ0) is 63.3. The van der Waals surface area contributed by atoms with Crippen LogP contribution < -0.4 is 15.1 Å². The number of nitrogens with one attached hydrogen (secondary N) is 1. The summed E-state index contributed by atoms with van der Waals surface area (Å²) in [6.07, 6.45) is 1.08. The Labute approximate surface area is 601 Å². The van der Waals surface area contributed by atoms with Crippen LogP contribution in [0.1, 0.15) is 58.2 Å². The second kappa shape index (κ2) is 34.4. The quantitative estimate of drug-likeness (QED) is 0.0593. The first kappa shape index (κ1) is 75.2. The van der Waals surface area contributed by atoms with Gasteiger partial charge < -0.3 is 22.0 Å². The molecule has 462 valence electrons. The van der Waals surface area contributed by atoms with Crippen molar-refractivity contribution >= 4 is 242 Å². The van der Waals surface area contributed by atoms with Gasteiger partial charge in [-0.3, -0.25) is 9.59 Å². The Morgan fingerprint density at radius 2 is 1.09 bits per heavy atom. The van der Waals surface area contributed by atoms with E-state index in [1.54, 1.807) is 66.2 Å². The van der Waals surface area contributed by atoms with Gasteiger partial charge >= 0.3 is 76.8 Å². The Morgan fingerprint density at radius 3 is 1.55 bits per heavy atom. The first-order chi connectivity index (χ1) is 40.7. The molecule has 31 heteroatoms. The maximum absolute atomic E-state index is 13.3. The molecule has 0 spiro atoms. The second-order valence-electron chi connectivity index (χ2n) is 18.7. The summed E-state index contributed by atoms with van der Waals surface area (Å²) in [7, 11) is 0. The first-order valence-corrected chi connectivity index (χ1v) is 44.3. The zero-order valence-corrected chi connectivity index (χ0v) is 64.8. The second-order valence-corrected chi connectivity index (χ2v) is 60.5. The Morgan fingerprint density at radius 1 is 0.667 bits per heavy atom. The number of carbonyl (C=O) groups is 3. The number of nitrogens with zero attached hydrogens (tertiary/aromatic N) is 11. The van der Waals surface area contributed by atoms with Gasteiger partial charge in [0, 0.05) is 74.3 Å². The Kier molecular flexibility index (Phi) is 29.7. The Bertz CT molecular complexity index is 3640. The van der Waals surface area contributed by atoms with Crippen molar-refractivity contribution in [1.29, 1.82) is 0 Å². The van der Waals surface area contributed by atoms with E-state index in [-0.39, 0.29) is 42.6 Å². The molecule has 0 bridgehead atoms. The van der Waals surface area contributed by atoms with Crippen LogP contribution in [0.3, 0.4) is 0 Å². The van der Waals surface area contributed by atoms with Gasteiger partial charge in [0.05, 0.1) is 23.4 Å². The number of aromatic nitrogens is 8. The molecule has 87 heavy (non-hydrogen) atoms. The predicted octanol–water partition coefficient (Wildman–Crippen LogP) is 19.2. The summed E-state index contributed by atoms with van der Waals surface area (Å²) in [4.78, 5) is 46.0. The zero-order valence-electron chi connectivity index (χ0n) is 46.8. The third kappa shape index (κ3) is 20.2. The maximum atomic E-state index is 13.3. The standard InChI is InChI=1S/C19H17BrCl2N2O2S.C17H14BrCl2N5O2.C17H12BrCl2N5O.C2H6.CH3.3HI.V/c1-3-27-26-18-23-19(2,11-12-4-6-13(20)7-5-12)17(25)24(18)16-9-14(21)8-15(22)10-16;1-17(15(26)27,9-10-2-4-11(18)5-3-10)25-16(22-23-24-25)21-14-7-12(19)6-13(20)8-14;1-17(9-10-2-4-11(18)5-3-10)15(26)24(16-21-22-23-25(16)17)14-7-12(19)6-13(20)8-14;1-2;;;;;/h4-10H,3,11H2,1-2H3;2-8H,9H2,1H3,(H,26,27)(H,21,22,24);2-8H,9H2,1H3;1-2H3;1H3;3*1H;/q;;;;-1;;;;+3/p-3. The van der Waals surface area contributed by atoms with E-state index in [0.717, 1.165) is 35.9 Å². The van der Waals surface area contributed by atoms with Gasteiger partial charge in [-0.2, -0.15) is 9.36 Å². The van der Waals surface area contributed by atoms with Crippen LogP contribution in [0.2, 0.25) is 30.1 Å². The van der Waals surface area contributed by atoms with E-state index in [1.165, 1.54) is 26.5 Å². The van der Waals surface area contributed by atoms with Gasteiger partial charge in [-0.05, 0) is 149 Å². The van der Waals surface area contributed by atoms with Gasteiger partial charge in [0.15, 0.2) is 5.54 Å². The number of carboxylic acids is 1. The van der Waals surface area contributed by atoms with Crippen LogP contribution in [0.5, 0.6) is 0 Å². The van der Waals surface area contributed by atoms with E-state index in [2.05, 4.69) is 149 Å². The van der Waals surface area contributed by atoms with Crippen molar-refractivity contribution in [3.05, 3.63) is 195 Å². The van der Waals surface area contributed by atoms with Gasteiger partial charge in [-0.15, -0.1) is 0 Å². The van der Waals surface area contributed by atoms with E-state index in [1.807, 2.05) is 107 Å². The Hall–Kier alpha value is -2.56. The van der Waals surface area contributed by atoms with Gasteiger partial charge in [0.1, 0.15) is 11.1 Å². The summed E-state index contributed by atoms with van der Waals surface area (Å²) in [6.45, 7) is 11.2. The van der Waals surface area contributed by atoms with Crippen LogP contribution in [-0.2, 0) is 53.8 Å².